The first kappa shape index (κ1) is 28.7. The summed E-state index contributed by atoms with van der Waals surface area (Å²) in [6.07, 6.45) is -0.505. The lowest BCUT2D eigenvalue weighted by Gasteiger charge is -2.22. The van der Waals surface area contributed by atoms with Crippen LogP contribution in [0.3, 0.4) is 0 Å². The fourth-order valence-corrected chi connectivity index (χ4v) is 8.25. The maximum absolute atomic E-state index is 6.48. The van der Waals surface area contributed by atoms with Crippen LogP contribution in [0.5, 0.6) is 0 Å². The van der Waals surface area contributed by atoms with Crippen molar-refractivity contribution in [2.75, 3.05) is 0 Å². The fraction of sp³-hybridized carbons (Fsp3) is 0.0222. The monoisotopic (exact) mass is 659 g/mol. The molecule has 2 aromatic heterocycles. The molecule has 1 aliphatic heterocycles. The quantitative estimate of drug-likeness (QED) is 0.200. The van der Waals surface area contributed by atoms with Crippen molar-refractivity contribution in [3.63, 3.8) is 0 Å². The highest BCUT2D eigenvalue weighted by Gasteiger charge is 2.25. The van der Waals surface area contributed by atoms with Crippen LogP contribution in [-0.4, -0.2) is 11.7 Å². The first-order chi connectivity index (χ1) is 24.8. The highest BCUT2D eigenvalue weighted by atomic mass is 32.1. The van der Waals surface area contributed by atoms with Crippen molar-refractivity contribution in [1.82, 2.24) is 5.32 Å². The van der Waals surface area contributed by atoms with Crippen LogP contribution < -0.4 is 5.32 Å². The van der Waals surface area contributed by atoms with Gasteiger partial charge in [-0.2, -0.15) is 0 Å². The van der Waals surface area contributed by atoms with Gasteiger partial charge < -0.3 is 9.73 Å². The number of para-hydroxylation sites is 2. The summed E-state index contributed by atoms with van der Waals surface area (Å²) in [5, 5.41) is 8.29. The van der Waals surface area contributed by atoms with Gasteiger partial charge in [-0.25, -0.2) is 9.98 Å². The number of aliphatic imine (C=N–C) groups is 2. The zero-order valence-electron chi connectivity index (χ0n) is 26.9. The minimum Gasteiger partial charge on any atom is -0.456 e. The number of nitrogens with zero attached hydrogens (tertiary/aromatic N) is 2. The van der Waals surface area contributed by atoms with Crippen molar-refractivity contribution in [3.8, 4) is 22.3 Å². The van der Waals surface area contributed by atoms with E-state index in [1.54, 1.807) is 0 Å². The summed E-state index contributed by atoms with van der Waals surface area (Å²) in [5.41, 5.74) is 9.40. The second-order valence-electron chi connectivity index (χ2n) is 12.6. The molecule has 0 amide bonds. The van der Waals surface area contributed by atoms with E-state index in [4.69, 9.17) is 14.4 Å². The number of hydrogen-bond donors (Lipinski definition) is 1. The van der Waals surface area contributed by atoms with Gasteiger partial charge in [-0.1, -0.05) is 133 Å². The molecule has 0 saturated carbocycles. The van der Waals surface area contributed by atoms with Gasteiger partial charge >= 0.3 is 0 Å². The molecule has 0 spiro atoms. The molecule has 1 unspecified atom stereocenters. The summed E-state index contributed by atoms with van der Waals surface area (Å²) in [7, 11) is 0. The van der Waals surface area contributed by atoms with Gasteiger partial charge in [0.1, 0.15) is 22.8 Å². The number of furan rings is 1. The Kier molecular flexibility index (Phi) is 6.71. The third-order valence-electron chi connectivity index (χ3n) is 9.57. The Morgan fingerprint density at radius 1 is 0.480 bits per heavy atom. The Morgan fingerprint density at radius 3 is 1.94 bits per heavy atom. The number of amidine groups is 2. The summed E-state index contributed by atoms with van der Waals surface area (Å²) < 4.78 is 8.99. The van der Waals surface area contributed by atoms with E-state index in [1.807, 2.05) is 35.6 Å². The molecule has 0 fully saturated rings. The van der Waals surface area contributed by atoms with Gasteiger partial charge in [0.2, 0.25) is 0 Å². The molecule has 0 radical (unpaired) electrons. The van der Waals surface area contributed by atoms with Gasteiger partial charge in [0.05, 0.1) is 0 Å². The summed E-state index contributed by atoms with van der Waals surface area (Å²) in [5.74, 6) is 1.55. The van der Waals surface area contributed by atoms with Gasteiger partial charge in [-0.05, 0) is 52.6 Å². The van der Waals surface area contributed by atoms with Gasteiger partial charge in [-0.3, -0.25) is 0 Å². The zero-order chi connectivity index (χ0) is 33.0. The fourth-order valence-electron chi connectivity index (χ4n) is 7.14. The molecule has 5 heteroatoms. The van der Waals surface area contributed by atoms with Crippen LogP contribution in [0.25, 0.3) is 64.4 Å². The van der Waals surface area contributed by atoms with Crippen LogP contribution in [0.1, 0.15) is 22.9 Å². The maximum atomic E-state index is 6.48. The van der Waals surface area contributed by atoms with Crippen molar-refractivity contribution in [1.29, 1.82) is 0 Å². The largest absolute Gasteiger partial charge is 0.456 e. The summed E-state index contributed by atoms with van der Waals surface area (Å²) >= 11 is 1.83. The van der Waals surface area contributed by atoms with Crippen molar-refractivity contribution in [2.24, 2.45) is 9.98 Å². The normalized spacial score (nSPS) is 14.6. The first-order valence-corrected chi connectivity index (χ1v) is 17.6. The molecule has 236 valence electrons. The molecular weight excluding hydrogens is 631 g/mol. The Hall–Kier alpha value is -6.30. The highest BCUT2D eigenvalue weighted by Crippen LogP contribution is 2.41. The minimum absolute atomic E-state index is 0.505. The van der Waals surface area contributed by atoms with E-state index in [2.05, 4.69) is 145 Å². The summed E-state index contributed by atoms with van der Waals surface area (Å²) in [6, 6.07) is 57.4. The van der Waals surface area contributed by atoms with E-state index in [0.29, 0.717) is 0 Å². The van der Waals surface area contributed by atoms with Gasteiger partial charge in [0.25, 0.3) is 0 Å². The molecule has 0 bridgehead atoms. The average molecular weight is 660 g/mol. The molecule has 10 rings (SSSR count). The summed E-state index contributed by atoms with van der Waals surface area (Å²) in [6.45, 7) is 0. The van der Waals surface area contributed by atoms with E-state index in [1.165, 1.54) is 36.9 Å². The third kappa shape index (κ3) is 4.82. The predicted molar refractivity (Wildman–Crippen MR) is 209 cm³/mol. The van der Waals surface area contributed by atoms with E-state index >= 15 is 0 Å². The lowest BCUT2D eigenvalue weighted by Crippen LogP contribution is -2.36. The number of benzene rings is 7. The third-order valence-corrected chi connectivity index (χ3v) is 10.7. The second-order valence-corrected chi connectivity index (χ2v) is 13.7. The van der Waals surface area contributed by atoms with Crippen LogP contribution in [0, 0.1) is 0 Å². The minimum atomic E-state index is -0.505. The van der Waals surface area contributed by atoms with Crippen LogP contribution in [0.15, 0.2) is 178 Å². The number of hydrogen-bond acceptors (Lipinski definition) is 5. The highest BCUT2D eigenvalue weighted by molar-refractivity contribution is 7.26. The van der Waals surface area contributed by atoms with Gasteiger partial charge in [0, 0.05) is 47.6 Å². The van der Waals surface area contributed by atoms with Crippen molar-refractivity contribution in [2.45, 2.75) is 6.17 Å². The lowest BCUT2D eigenvalue weighted by molar-refractivity contribution is 0.649. The molecule has 0 saturated heterocycles. The van der Waals surface area contributed by atoms with Crippen molar-refractivity contribution in [3.05, 3.63) is 180 Å². The molecule has 50 heavy (non-hydrogen) atoms. The molecule has 1 aliphatic rings. The van der Waals surface area contributed by atoms with Crippen LogP contribution >= 0.6 is 11.3 Å². The van der Waals surface area contributed by atoms with E-state index < -0.39 is 6.17 Å². The number of thiophene rings is 1. The smallest absolute Gasteiger partial charge is 0.173 e. The van der Waals surface area contributed by atoms with E-state index in [9.17, 15) is 0 Å². The Balaban J connectivity index is 1.13. The molecule has 4 nitrogen and oxygen atoms in total. The van der Waals surface area contributed by atoms with E-state index in [0.717, 1.165) is 55.9 Å². The first-order valence-electron chi connectivity index (χ1n) is 16.8. The number of rotatable bonds is 5. The molecule has 9 aromatic rings. The van der Waals surface area contributed by atoms with Crippen LogP contribution in [-0.2, 0) is 0 Å². The Labute approximate surface area is 292 Å². The standard InChI is InChI=1S/C45H29N3OS/c1-3-11-28(12-4-1)29-21-23-31(24-22-29)43-46-44(48-45(47-43)36-18-9-17-35-34-15-7-8-19-38(34)49-42(35)36)32-25-26-39-37(27-32)41-33(16-10-20-40(41)50-39)30-13-5-2-6-14-30/h1-27,45H,(H,46,47,48). The molecule has 1 atom stereocenters. The van der Waals surface area contributed by atoms with Crippen LogP contribution in [0.2, 0.25) is 0 Å². The topological polar surface area (TPSA) is 49.9 Å². The molecule has 1 N–H and O–H groups in total. The maximum Gasteiger partial charge on any atom is 0.173 e. The second kappa shape index (κ2) is 11.7. The number of fused-ring (bicyclic) bond motifs is 6. The average Bonchev–Trinajstić information content (AvgIpc) is 3.77. The molecule has 3 heterocycles. The predicted octanol–water partition coefficient (Wildman–Crippen LogP) is 11.8. The lowest BCUT2D eigenvalue weighted by atomic mass is 9.98. The van der Waals surface area contributed by atoms with Crippen molar-refractivity contribution < 1.29 is 4.42 Å². The van der Waals surface area contributed by atoms with E-state index in [-0.39, 0.29) is 0 Å². The Morgan fingerprint density at radius 2 is 1.12 bits per heavy atom. The number of nitrogens with one attached hydrogen (secondary N) is 1. The molecule has 0 aliphatic carbocycles. The molecular formula is C45H29N3OS. The van der Waals surface area contributed by atoms with Crippen molar-refractivity contribution >= 4 is 65.1 Å². The molecule has 7 aromatic carbocycles. The Bertz CT molecular complexity index is 2780. The van der Waals surface area contributed by atoms with Gasteiger partial charge in [-0.15, -0.1) is 11.3 Å². The zero-order valence-corrected chi connectivity index (χ0v) is 27.7. The SMILES string of the molecule is c1ccc(-c2ccc(C3=NC(c4cccc5c4oc4ccccc45)N=C(c4ccc5sc6cccc(-c7ccccc7)c6c5c4)N3)cc2)cc1. The van der Waals surface area contributed by atoms with Crippen LogP contribution in [0.4, 0.5) is 0 Å². The summed E-state index contributed by atoms with van der Waals surface area (Å²) in [4.78, 5) is 10.5. The van der Waals surface area contributed by atoms with Gasteiger partial charge in [0.15, 0.2) is 6.17 Å².